The first-order valence-corrected chi connectivity index (χ1v) is 13.4. The molecule has 39 heavy (non-hydrogen) atoms. The predicted molar refractivity (Wildman–Crippen MR) is 142 cm³/mol. The summed E-state index contributed by atoms with van der Waals surface area (Å²) in [5.74, 6) is -1.50. The van der Waals surface area contributed by atoms with Crippen molar-refractivity contribution in [2.75, 3.05) is 6.54 Å². The molecular weight excluding hydrogens is 527 g/mol. The van der Waals surface area contributed by atoms with E-state index in [0.29, 0.717) is 18.4 Å². The number of halogens is 3. The average Bonchev–Trinajstić information content (AvgIpc) is 2.93. The Morgan fingerprint density at radius 2 is 1.38 bits per heavy atom. The van der Waals surface area contributed by atoms with Gasteiger partial charge in [0.2, 0.25) is 5.91 Å². The van der Waals surface area contributed by atoms with Crippen molar-refractivity contribution in [2.24, 2.45) is 0 Å². The summed E-state index contributed by atoms with van der Waals surface area (Å²) in [5, 5.41) is 8.23. The van der Waals surface area contributed by atoms with E-state index in [9.17, 15) is 27.6 Å². The van der Waals surface area contributed by atoms with Gasteiger partial charge >= 0.3 is 6.18 Å². The van der Waals surface area contributed by atoms with E-state index in [1.165, 1.54) is 6.07 Å². The molecule has 3 aromatic carbocycles. The molecule has 0 spiro atoms. The smallest absolute Gasteiger partial charge is 0.350 e. The van der Waals surface area contributed by atoms with Crippen molar-refractivity contribution in [3.63, 3.8) is 0 Å². The third-order valence-electron chi connectivity index (χ3n) is 6.39. The third kappa shape index (κ3) is 8.10. The second-order valence-electron chi connectivity index (χ2n) is 9.24. The summed E-state index contributed by atoms with van der Waals surface area (Å²) in [6.45, 7) is -0.396. The van der Waals surface area contributed by atoms with Gasteiger partial charge in [-0.2, -0.15) is 13.2 Å². The molecule has 3 amide bonds. The molecule has 10 heteroatoms. The second-order valence-corrected chi connectivity index (χ2v) is 10.4. The lowest BCUT2D eigenvalue weighted by Crippen LogP contribution is -2.54. The molecule has 6 nitrogen and oxygen atoms in total. The van der Waals surface area contributed by atoms with Gasteiger partial charge in [0.05, 0.1) is 12.1 Å². The summed E-state index contributed by atoms with van der Waals surface area (Å²) in [4.78, 5) is 39.9. The standard InChI is InChI=1S/C29H28F3N3O3S/c30-29(31,32)21-8-6-7-20(17-21)27(37)33-18-26(36)34-24-11-4-5-12-25(24)35-28(38)19-13-15-23(16-14-19)39-22-9-2-1-3-10-22/h1-3,6-10,13-17,24-25H,4-5,11-12,18H2,(H,33,37)(H,34,36)(H,35,38)/t24-,25+/m1/s1. The van der Waals surface area contributed by atoms with Crippen molar-refractivity contribution in [1.82, 2.24) is 16.0 Å². The fourth-order valence-electron chi connectivity index (χ4n) is 4.38. The summed E-state index contributed by atoms with van der Waals surface area (Å²) in [6.07, 6.45) is -1.45. The highest BCUT2D eigenvalue weighted by Crippen LogP contribution is 2.30. The molecule has 2 atom stereocenters. The molecule has 204 valence electrons. The number of carbonyl (C=O) groups is 3. The van der Waals surface area contributed by atoms with E-state index in [0.717, 1.165) is 40.8 Å². The molecule has 1 saturated carbocycles. The maximum atomic E-state index is 12.9. The molecule has 1 aliphatic rings. The van der Waals surface area contributed by atoms with Gasteiger partial charge in [0.1, 0.15) is 0 Å². The van der Waals surface area contributed by atoms with Gasteiger partial charge in [-0.1, -0.05) is 48.9 Å². The van der Waals surface area contributed by atoms with E-state index >= 15 is 0 Å². The minimum Gasteiger partial charge on any atom is -0.350 e. The normalized spacial score (nSPS) is 17.2. The van der Waals surface area contributed by atoms with E-state index in [1.54, 1.807) is 23.9 Å². The number of rotatable bonds is 8. The highest BCUT2D eigenvalue weighted by Gasteiger charge is 2.31. The first-order chi connectivity index (χ1) is 18.7. The lowest BCUT2D eigenvalue weighted by Gasteiger charge is -2.33. The summed E-state index contributed by atoms with van der Waals surface area (Å²) in [5.41, 5.74) is -0.616. The highest BCUT2D eigenvalue weighted by molar-refractivity contribution is 7.99. The van der Waals surface area contributed by atoms with Gasteiger partial charge < -0.3 is 16.0 Å². The first-order valence-electron chi connectivity index (χ1n) is 12.6. The molecule has 1 fully saturated rings. The van der Waals surface area contributed by atoms with Crippen molar-refractivity contribution < 1.29 is 27.6 Å². The van der Waals surface area contributed by atoms with Gasteiger partial charge in [0, 0.05) is 33.0 Å². The van der Waals surface area contributed by atoms with Gasteiger partial charge in [-0.05, 0) is 67.4 Å². The first kappa shape index (κ1) is 28.2. The summed E-state index contributed by atoms with van der Waals surface area (Å²) >= 11 is 1.60. The highest BCUT2D eigenvalue weighted by atomic mass is 32.2. The molecule has 0 bridgehead atoms. The van der Waals surface area contributed by atoms with Crippen LogP contribution in [0.3, 0.4) is 0 Å². The third-order valence-corrected chi connectivity index (χ3v) is 7.40. The predicted octanol–water partition coefficient (Wildman–Crippen LogP) is 5.44. The Hall–Kier alpha value is -3.79. The Balaban J connectivity index is 1.29. The number of carbonyl (C=O) groups excluding carboxylic acids is 3. The van der Waals surface area contributed by atoms with Crippen molar-refractivity contribution >= 4 is 29.5 Å². The zero-order chi connectivity index (χ0) is 27.8. The maximum absolute atomic E-state index is 12.9. The molecule has 0 heterocycles. The Morgan fingerprint density at radius 1 is 0.744 bits per heavy atom. The van der Waals surface area contributed by atoms with Crippen LogP contribution in [0.5, 0.6) is 0 Å². The molecule has 0 aromatic heterocycles. The van der Waals surface area contributed by atoms with Crippen molar-refractivity contribution in [2.45, 2.75) is 53.7 Å². The van der Waals surface area contributed by atoms with Gasteiger partial charge in [-0.25, -0.2) is 0 Å². The van der Waals surface area contributed by atoms with E-state index in [2.05, 4.69) is 16.0 Å². The number of hydrogen-bond acceptors (Lipinski definition) is 4. The lowest BCUT2D eigenvalue weighted by molar-refractivity contribution is -0.137. The van der Waals surface area contributed by atoms with Crippen LogP contribution >= 0.6 is 11.8 Å². The van der Waals surface area contributed by atoms with Gasteiger partial charge in [0.15, 0.2) is 0 Å². The molecule has 0 radical (unpaired) electrons. The van der Waals surface area contributed by atoms with Crippen LogP contribution in [0.4, 0.5) is 13.2 Å². The van der Waals surface area contributed by atoms with E-state index in [1.807, 2.05) is 42.5 Å². The van der Waals surface area contributed by atoms with Crippen molar-refractivity contribution in [3.8, 4) is 0 Å². The minimum atomic E-state index is -4.57. The van der Waals surface area contributed by atoms with Crippen LogP contribution in [0.2, 0.25) is 0 Å². The van der Waals surface area contributed by atoms with E-state index in [4.69, 9.17) is 0 Å². The van der Waals surface area contributed by atoms with E-state index < -0.39 is 30.1 Å². The van der Waals surface area contributed by atoms with Gasteiger partial charge in [-0.15, -0.1) is 0 Å². The fraction of sp³-hybridized carbons (Fsp3) is 0.276. The maximum Gasteiger partial charge on any atom is 0.416 e. The Kier molecular flexibility index (Phi) is 9.29. The van der Waals surface area contributed by atoms with Crippen LogP contribution < -0.4 is 16.0 Å². The summed E-state index contributed by atoms with van der Waals surface area (Å²) < 4.78 is 38.7. The number of nitrogens with one attached hydrogen (secondary N) is 3. The number of alkyl halides is 3. The quantitative estimate of drug-likeness (QED) is 0.345. The topological polar surface area (TPSA) is 87.3 Å². The minimum absolute atomic E-state index is 0.186. The lowest BCUT2D eigenvalue weighted by atomic mass is 9.90. The Bertz CT molecular complexity index is 1300. The van der Waals surface area contributed by atoms with Crippen molar-refractivity contribution in [3.05, 3.63) is 95.6 Å². The molecule has 1 aliphatic carbocycles. The monoisotopic (exact) mass is 555 g/mol. The molecule has 3 N–H and O–H groups in total. The second kappa shape index (κ2) is 12.8. The molecular formula is C29H28F3N3O3S. The van der Waals surface area contributed by atoms with Crippen LogP contribution in [0, 0.1) is 0 Å². The van der Waals surface area contributed by atoms with E-state index in [-0.39, 0.29) is 23.6 Å². The van der Waals surface area contributed by atoms with Crippen molar-refractivity contribution in [1.29, 1.82) is 0 Å². The van der Waals surface area contributed by atoms with Crippen LogP contribution in [-0.2, 0) is 11.0 Å². The molecule has 0 unspecified atom stereocenters. The Morgan fingerprint density at radius 3 is 2.05 bits per heavy atom. The molecule has 3 aromatic rings. The Labute approximate surface area is 228 Å². The van der Waals surface area contributed by atoms with Gasteiger partial charge in [0.25, 0.3) is 11.8 Å². The molecule has 4 rings (SSSR count). The van der Waals surface area contributed by atoms with Crippen LogP contribution in [0.1, 0.15) is 52.0 Å². The summed E-state index contributed by atoms with van der Waals surface area (Å²) in [6, 6.07) is 20.6. The van der Waals surface area contributed by atoms with Gasteiger partial charge in [-0.3, -0.25) is 14.4 Å². The SMILES string of the molecule is O=C(CNC(=O)c1cccc(C(F)(F)F)c1)N[C@@H]1CCCC[C@@H]1NC(=O)c1ccc(Sc2ccccc2)cc1. The molecule has 0 aliphatic heterocycles. The van der Waals surface area contributed by atoms with Crippen LogP contribution in [-0.4, -0.2) is 36.3 Å². The largest absolute Gasteiger partial charge is 0.416 e. The zero-order valence-corrected chi connectivity index (χ0v) is 21.8. The molecule has 0 saturated heterocycles. The van der Waals surface area contributed by atoms with Crippen LogP contribution in [0.15, 0.2) is 88.7 Å². The summed E-state index contributed by atoms with van der Waals surface area (Å²) in [7, 11) is 0. The number of amides is 3. The zero-order valence-electron chi connectivity index (χ0n) is 21.0. The fourth-order valence-corrected chi connectivity index (χ4v) is 5.22. The average molecular weight is 556 g/mol. The number of benzene rings is 3. The number of hydrogen-bond donors (Lipinski definition) is 3. The van der Waals surface area contributed by atoms with Crippen LogP contribution in [0.25, 0.3) is 0 Å².